The molecule has 0 N–H and O–H groups in total. The molecule has 0 radical (unpaired) electrons. The molecule has 0 heterocycles. The molecule has 0 fully saturated rings. The predicted octanol–water partition coefficient (Wildman–Crippen LogP) is 15.5. The van der Waals surface area contributed by atoms with Crippen molar-refractivity contribution in [1.29, 1.82) is 0 Å². The van der Waals surface area contributed by atoms with E-state index in [1.807, 2.05) is 24.3 Å². The highest BCUT2D eigenvalue weighted by atomic mass is 16.6. The molecule has 0 unspecified atom stereocenters. The van der Waals surface area contributed by atoms with Gasteiger partial charge in [0.15, 0.2) is 0 Å². The van der Waals surface area contributed by atoms with Gasteiger partial charge in [0.05, 0.1) is 22.3 Å². The van der Waals surface area contributed by atoms with Gasteiger partial charge in [0, 0.05) is 6.07 Å². The Morgan fingerprint density at radius 1 is 0.343 bits per heavy atom. The third kappa shape index (κ3) is 14.2. The lowest BCUT2D eigenvalue weighted by molar-refractivity contribution is 0.0722. The number of unbranched alkanes of at least 4 members (excludes halogenated alkanes) is 8. The molecule has 0 aromatic heterocycles. The zero-order valence-electron chi connectivity index (χ0n) is 40.8. The van der Waals surface area contributed by atoms with E-state index in [0.717, 1.165) is 35.1 Å². The highest BCUT2D eigenvalue weighted by molar-refractivity contribution is 5.95. The van der Waals surface area contributed by atoms with Gasteiger partial charge >= 0.3 is 23.9 Å². The van der Waals surface area contributed by atoms with Crippen LogP contribution >= 0.6 is 0 Å². The maximum atomic E-state index is 13.3. The van der Waals surface area contributed by atoms with E-state index in [0.29, 0.717) is 22.3 Å². The summed E-state index contributed by atoms with van der Waals surface area (Å²) in [7, 11) is 0. The molecule has 0 spiro atoms. The summed E-state index contributed by atoms with van der Waals surface area (Å²) in [4.78, 5) is 52.7. The first kappa shape index (κ1) is 50.3. The van der Waals surface area contributed by atoms with Crippen molar-refractivity contribution >= 4 is 23.9 Å². The number of rotatable bonds is 22. The molecular formula is C62H62O8. The molecule has 0 aliphatic heterocycles. The Labute approximate surface area is 412 Å². The Morgan fingerprint density at radius 3 is 1.03 bits per heavy atom. The quantitative estimate of drug-likeness (QED) is 0.0376. The normalized spacial score (nSPS) is 10.9. The molecule has 0 aliphatic carbocycles. The summed E-state index contributed by atoms with van der Waals surface area (Å²) in [5, 5.41) is 0. The molecule has 0 aliphatic rings. The van der Waals surface area contributed by atoms with Crippen molar-refractivity contribution in [1.82, 2.24) is 0 Å². The molecule has 0 saturated carbocycles. The fraction of sp³-hybridized carbons (Fsp3) is 0.258. The molecule has 70 heavy (non-hydrogen) atoms. The second-order valence-electron chi connectivity index (χ2n) is 17.9. The summed E-state index contributed by atoms with van der Waals surface area (Å²) in [5.41, 5.74) is 9.27. The van der Waals surface area contributed by atoms with Gasteiger partial charge in [-0.2, -0.15) is 0 Å². The highest BCUT2D eigenvalue weighted by Gasteiger charge is 2.18. The minimum Gasteiger partial charge on any atom is -0.423 e. The lowest BCUT2D eigenvalue weighted by Crippen LogP contribution is -2.13. The minimum atomic E-state index is -0.639. The monoisotopic (exact) mass is 934 g/mol. The maximum Gasteiger partial charge on any atom is 0.343 e. The summed E-state index contributed by atoms with van der Waals surface area (Å²) in [6.45, 7) is 7.91. The Hall–Kier alpha value is -7.58. The molecular weight excluding hydrogens is 873 g/mol. The lowest BCUT2D eigenvalue weighted by atomic mass is 10.00. The number of ether oxygens (including phenoxy) is 4. The van der Waals surface area contributed by atoms with Crippen molar-refractivity contribution in [3.05, 3.63) is 202 Å². The van der Waals surface area contributed by atoms with Crippen LogP contribution in [0.5, 0.6) is 23.0 Å². The number of esters is 4. The van der Waals surface area contributed by atoms with E-state index in [-0.39, 0.29) is 34.1 Å². The maximum absolute atomic E-state index is 13.3. The van der Waals surface area contributed by atoms with Gasteiger partial charge in [-0.15, -0.1) is 0 Å². The van der Waals surface area contributed by atoms with Crippen LogP contribution in [0.2, 0.25) is 0 Å². The zero-order chi connectivity index (χ0) is 49.2. The van der Waals surface area contributed by atoms with Crippen molar-refractivity contribution in [3.8, 4) is 45.3 Å². The fourth-order valence-corrected chi connectivity index (χ4v) is 8.31. The van der Waals surface area contributed by atoms with Crippen molar-refractivity contribution in [2.24, 2.45) is 0 Å². The van der Waals surface area contributed by atoms with Crippen molar-refractivity contribution in [2.75, 3.05) is 0 Å². The standard InChI is InChI=1S/C62H62O8/c1-5-7-9-11-13-16-45-20-24-47(25-21-45)49-28-32-51(33-29-49)59(63)67-55-36-38-57(43(3)40-55)61(65)69-53-18-15-19-54(42-53)70-62(66)58-39-37-56(41-44(58)4)68-60(64)52-34-30-50(31-35-52)48-26-22-46(23-27-48)17-14-12-10-8-6-2/h15,18-42H,5-14,16-17H2,1-4H3. The van der Waals surface area contributed by atoms with E-state index in [9.17, 15) is 19.2 Å². The average Bonchev–Trinajstić information content (AvgIpc) is 3.37. The molecule has 8 nitrogen and oxygen atoms in total. The van der Waals surface area contributed by atoms with E-state index in [4.69, 9.17) is 18.9 Å². The summed E-state index contributed by atoms with van der Waals surface area (Å²) in [6.07, 6.45) is 14.8. The second kappa shape index (κ2) is 25.2. The number of hydrogen-bond acceptors (Lipinski definition) is 8. The average molecular weight is 935 g/mol. The molecule has 0 bridgehead atoms. The van der Waals surface area contributed by atoms with Crippen LogP contribution in [0.1, 0.15) is 142 Å². The molecule has 8 heteroatoms. The van der Waals surface area contributed by atoms with Crippen LogP contribution in [-0.2, 0) is 12.8 Å². The first-order valence-corrected chi connectivity index (χ1v) is 24.7. The summed E-state index contributed by atoms with van der Waals surface area (Å²) in [5.74, 6) is -1.41. The number of carbonyl (C=O) groups excluding carboxylic acids is 4. The van der Waals surface area contributed by atoms with Gasteiger partial charge in [-0.3, -0.25) is 0 Å². The number of benzene rings is 7. The molecule has 7 aromatic carbocycles. The van der Waals surface area contributed by atoms with Crippen LogP contribution in [0.4, 0.5) is 0 Å². The third-order valence-corrected chi connectivity index (χ3v) is 12.4. The molecule has 358 valence electrons. The van der Waals surface area contributed by atoms with E-state index >= 15 is 0 Å². The van der Waals surface area contributed by atoms with Gasteiger partial charge in [0.25, 0.3) is 0 Å². The lowest BCUT2D eigenvalue weighted by Gasteiger charge is -2.11. The van der Waals surface area contributed by atoms with Crippen LogP contribution in [-0.4, -0.2) is 23.9 Å². The summed E-state index contributed by atoms with van der Waals surface area (Å²) < 4.78 is 22.7. The molecule has 0 amide bonds. The summed E-state index contributed by atoms with van der Waals surface area (Å²) >= 11 is 0. The number of aryl methyl sites for hydroxylation is 4. The van der Waals surface area contributed by atoms with Gasteiger partial charge in [0.2, 0.25) is 0 Å². The Balaban J connectivity index is 0.875. The Bertz CT molecular complexity index is 2670. The summed E-state index contributed by atoms with van der Waals surface area (Å²) in [6, 6.07) is 47.4. The Kier molecular flexibility index (Phi) is 18.1. The van der Waals surface area contributed by atoms with Gasteiger partial charge in [0.1, 0.15) is 23.0 Å². The van der Waals surface area contributed by atoms with Crippen LogP contribution in [0.25, 0.3) is 22.3 Å². The van der Waals surface area contributed by atoms with Gasteiger partial charge in [-0.25, -0.2) is 19.2 Å². The van der Waals surface area contributed by atoms with Crippen LogP contribution in [0.15, 0.2) is 158 Å². The fourth-order valence-electron chi connectivity index (χ4n) is 8.31. The smallest absolute Gasteiger partial charge is 0.343 e. The van der Waals surface area contributed by atoms with E-state index < -0.39 is 23.9 Å². The zero-order valence-corrected chi connectivity index (χ0v) is 40.8. The van der Waals surface area contributed by atoms with Crippen LogP contribution in [0, 0.1) is 13.8 Å². The van der Waals surface area contributed by atoms with E-state index in [1.165, 1.54) is 81.4 Å². The van der Waals surface area contributed by atoms with Gasteiger partial charge < -0.3 is 18.9 Å². The number of carbonyl (C=O) groups is 4. The largest absolute Gasteiger partial charge is 0.423 e. The molecule has 0 saturated heterocycles. The first-order chi connectivity index (χ1) is 34.1. The van der Waals surface area contributed by atoms with Crippen molar-refractivity contribution in [2.45, 2.75) is 105 Å². The third-order valence-electron chi connectivity index (χ3n) is 12.4. The Morgan fingerprint density at radius 2 is 0.671 bits per heavy atom. The highest BCUT2D eigenvalue weighted by Crippen LogP contribution is 2.28. The van der Waals surface area contributed by atoms with Crippen LogP contribution < -0.4 is 18.9 Å². The number of hydrogen-bond donors (Lipinski definition) is 0. The SMILES string of the molecule is CCCCCCCc1ccc(-c2ccc(C(=O)Oc3ccc(C(=O)Oc4cccc(OC(=O)c5ccc(OC(=O)c6ccc(-c7ccc(CCCCCCC)cc7)cc6)cc5C)c4)c(C)c3)cc2)cc1. The molecule has 7 rings (SSSR count). The van der Waals surface area contributed by atoms with Gasteiger partial charge in [-0.1, -0.05) is 144 Å². The van der Waals surface area contributed by atoms with Gasteiger partial charge in [-0.05, 0) is 157 Å². The molecule has 0 atom stereocenters. The van der Waals surface area contributed by atoms with Crippen LogP contribution in [0.3, 0.4) is 0 Å². The van der Waals surface area contributed by atoms with Crippen molar-refractivity contribution < 1.29 is 38.1 Å². The predicted molar refractivity (Wildman–Crippen MR) is 277 cm³/mol. The van der Waals surface area contributed by atoms with Crippen molar-refractivity contribution in [3.63, 3.8) is 0 Å². The minimum absolute atomic E-state index is 0.163. The second-order valence-corrected chi connectivity index (χ2v) is 17.9. The molecule has 7 aromatic rings. The van der Waals surface area contributed by atoms with E-state index in [1.54, 1.807) is 92.7 Å². The first-order valence-electron chi connectivity index (χ1n) is 24.7. The van der Waals surface area contributed by atoms with E-state index in [2.05, 4.69) is 62.4 Å². The topological polar surface area (TPSA) is 105 Å².